The summed E-state index contributed by atoms with van der Waals surface area (Å²) in [7, 11) is 0. The Hall–Kier alpha value is -3.35. The molecule has 0 aliphatic rings. The molecule has 0 aliphatic heterocycles. The zero-order chi connectivity index (χ0) is 19.4. The number of hydrogen-bond donors (Lipinski definition) is 3. The van der Waals surface area contributed by atoms with Crippen LogP contribution in [0, 0.1) is 0 Å². The Balaban J connectivity index is 1.72. The molecule has 3 rings (SSSR count). The van der Waals surface area contributed by atoms with E-state index in [2.05, 4.69) is 15.3 Å². The van der Waals surface area contributed by atoms with Crippen molar-refractivity contribution in [3.05, 3.63) is 59.9 Å². The van der Waals surface area contributed by atoms with Crippen LogP contribution < -0.4 is 10.1 Å². The Morgan fingerprint density at radius 3 is 2.67 bits per heavy atom. The number of rotatable bonds is 7. The van der Waals surface area contributed by atoms with Crippen LogP contribution in [0.3, 0.4) is 0 Å². The number of para-hydroxylation sites is 1. The summed E-state index contributed by atoms with van der Waals surface area (Å²) in [5.41, 5.74) is 2.03. The van der Waals surface area contributed by atoms with Crippen LogP contribution in [0.1, 0.15) is 29.8 Å². The minimum atomic E-state index is -1.10. The van der Waals surface area contributed by atoms with E-state index in [1.807, 2.05) is 38.1 Å². The first-order valence-electron chi connectivity index (χ1n) is 8.65. The molecule has 3 N–H and O–H groups in total. The molecule has 0 aliphatic carbocycles. The van der Waals surface area contributed by atoms with E-state index in [9.17, 15) is 14.7 Å². The summed E-state index contributed by atoms with van der Waals surface area (Å²) >= 11 is 0. The third-order valence-corrected chi connectivity index (χ3v) is 4.06. The Kier molecular flexibility index (Phi) is 5.40. The monoisotopic (exact) mass is 367 g/mol. The summed E-state index contributed by atoms with van der Waals surface area (Å²) in [6.07, 6.45) is 3.29. The Labute approximate surface area is 156 Å². The lowest BCUT2D eigenvalue weighted by Crippen LogP contribution is -2.42. The highest BCUT2D eigenvalue weighted by Gasteiger charge is 2.22. The number of hydrogen-bond acceptors (Lipinski definition) is 4. The number of amides is 1. The van der Waals surface area contributed by atoms with Crippen LogP contribution in [-0.4, -0.2) is 39.1 Å². The number of fused-ring (bicyclic) bond motifs is 1. The predicted molar refractivity (Wildman–Crippen MR) is 101 cm³/mol. The number of nitrogens with one attached hydrogen (secondary N) is 2. The van der Waals surface area contributed by atoms with E-state index in [-0.39, 0.29) is 18.1 Å². The Bertz CT molecular complexity index is 947. The van der Waals surface area contributed by atoms with Gasteiger partial charge in [-0.3, -0.25) is 4.79 Å². The Morgan fingerprint density at radius 1 is 1.22 bits per heavy atom. The summed E-state index contributed by atoms with van der Waals surface area (Å²) in [4.78, 5) is 31.2. The largest absolute Gasteiger partial charge is 0.480 e. The van der Waals surface area contributed by atoms with Gasteiger partial charge in [-0.05, 0) is 31.5 Å². The molecule has 2 heterocycles. The van der Waals surface area contributed by atoms with Gasteiger partial charge in [0.15, 0.2) is 0 Å². The number of aliphatic carboxylic acids is 1. The van der Waals surface area contributed by atoms with Gasteiger partial charge in [-0.1, -0.05) is 18.2 Å². The van der Waals surface area contributed by atoms with Crippen molar-refractivity contribution in [2.45, 2.75) is 32.4 Å². The fraction of sp³-hybridized carbons (Fsp3) is 0.250. The van der Waals surface area contributed by atoms with E-state index >= 15 is 0 Å². The number of carbonyl (C=O) groups excluding carboxylic acids is 1. The summed E-state index contributed by atoms with van der Waals surface area (Å²) in [5.74, 6) is -1.18. The highest BCUT2D eigenvalue weighted by atomic mass is 16.5. The van der Waals surface area contributed by atoms with Gasteiger partial charge < -0.3 is 20.1 Å². The highest BCUT2D eigenvalue weighted by Crippen LogP contribution is 2.19. The first kappa shape index (κ1) is 18.4. The molecule has 0 saturated heterocycles. The van der Waals surface area contributed by atoms with Crippen LogP contribution in [-0.2, 0) is 11.2 Å². The molecule has 1 amide bonds. The van der Waals surface area contributed by atoms with E-state index in [0.29, 0.717) is 5.88 Å². The van der Waals surface area contributed by atoms with Gasteiger partial charge in [-0.15, -0.1) is 0 Å². The molecule has 1 atom stereocenters. The van der Waals surface area contributed by atoms with E-state index in [4.69, 9.17) is 4.74 Å². The van der Waals surface area contributed by atoms with Crippen molar-refractivity contribution < 1.29 is 19.4 Å². The fourth-order valence-corrected chi connectivity index (χ4v) is 2.79. The van der Waals surface area contributed by atoms with Gasteiger partial charge in [0.05, 0.1) is 11.7 Å². The summed E-state index contributed by atoms with van der Waals surface area (Å²) in [5, 5.41) is 13.0. The van der Waals surface area contributed by atoms with Crippen molar-refractivity contribution in [2.75, 3.05) is 0 Å². The fourth-order valence-electron chi connectivity index (χ4n) is 2.79. The SMILES string of the molecule is CC(C)Oc1ccc(C(=O)NC(Cc2c[nH]c3ccccc23)C(=O)O)cn1. The molecular weight excluding hydrogens is 346 g/mol. The second-order valence-corrected chi connectivity index (χ2v) is 6.48. The molecule has 0 bridgehead atoms. The predicted octanol–water partition coefficient (Wildman–Crippen LogP) is 2.78. The van der Waals surface area contributed by atoms with Crippen molar-refractivity contribution >= 4 is 22.8 Å². The van der Waals surface area contributed by atoms with Crippen LogP contribution in [0.25, 0.3) is 10.9 Å². The second-order valence-electron chi connectivity index (χ2n) is 6.48. The number of pyridine rings is 1. The smallest absolute Gasteiger partial charge is 0.326 e. The maximum absolute atomic E-state index is 12.4. The molecule has 0 saturated carbocycles. The number of benzene rings is 1. The van der Waals surface area contributed by atoms with Gasteiger partial charge in [-0.2, -0.15) is 0 Å². The number of aromatic amines is 1. The molecule has 7 nitrogen and oxygen atoms in total. The third kappa shape index (κ3) is 4.44. The topological polar surface area (TPSA) is 104 Å². The molecule has 0 radical (unpaired) electrons. The lowest BCUT2D eigenvalue weighted by atomic mass is 10.0. The third-order valence-electron chi connectivity index (χ3n) is 4.06. The van der Waals surface area contributed by atoms with E-state index < -0.39 is 17.9 Å². The van der Waals surface area contributed by atoms with Crippen LogP contribution in [0.4, 0.5) is 0 Å². The number of ether oxygens (including phenoxy) is 1. The van der Waals surface area contributed by atoms with E-state index in [0.717, 1.165) is 16.5 Å². The Morgan fingerprint density at radius 2 is 2.00 bits per heavy atom. The molecule has 140 valence electrons. The molecule has 0 fully saturated rings. The minimum Gasteiger partial charge on any atom is -0.480 e. The van der Waals surface area contributed by atoms with Crippen LogP contribution in [0.5, 0.6) is 5.88 Å². The van der Waals surface area contributed by atoms with E-state index in [1.54, 1.807) is 18.3 Å². The number of carboxylic acids is 1. The standard InChI is InChI=1S/C20H21N3O4/c1-12(2)27-18-8-7-13(10-22-18)19(24)23-17(20(25)26)9-14-11-21-16-6-4-3-5-15(14)16/h3-8,10-12,17,21H,9H2,1-2H3,(H,23,24)(H,25,26). The van der Waals surface area contributed by atoms with Gasteiger partial charge in [0.1, 0.15) is 6.04 Å². The minimum absolute atomic E-state index is 0.0234. The van der Waals surface area contributed by atoms with Gasteiger partial charge in [0.25, 0.3) is 5.91 Å². The summed E-state index contributed by atoms with van der Waals surface area (Å²) in [6, 6.07) is 9.72. The lowest BCUT2D eigenvalue weighted by molar-refractivity contribution is -0.139. The summed E-state index contributed by atoms with van der Waals surface area (Å²) < 4.78 is 5.44. The molecule has 2 aromatic heterocycles. The van der Waals surface area contributed by atoms with Gasteiger partial charge in [0, 0.05) is 35.8 Å². The van der Waals surface area contributed by atoms with Gasteiger partial charge in [0.2, 0.25) is 5.88 Å². The maximum Gasteiger partial charge on any atom is 0.326 e. The van der Waals surface area contributed by atoms with Crippen molar-refractivity contribution in [3.8, 4) is 5.88 Å². The van der Waals surface area contributed by atoms with Crippen LogP contribution in [0.15, 0.2) is 48.8 Å². The zero-order valence-electron chi connectivity index (χ0n) is 15.1. The van der Waals surface area contributed by atoms with Gasteiger partial charge >= 0.3 is 5.97 Å². The maximum atomic E-state index is 12.4. The zero-order valence-corrected chi connectivity index (χ0v) is 15.1. The molecule has 1 unspecified atom stereocenters. The summed E-state index contributed by atoms with van der Waals surface area (Å²) in [6.45, 7) is 3.76. The van der Waals surface area contributed by atoms with Crippen molar-refractivity contribution in [1.29, 1.82) is 0 Å². The highest BCUT2D eigenvalue weighted by molar-refractivity contribution is 5.96. The van der Waals surface area contributed by atoms with E-state index in [1.165, 1.54) is 6.20 Å². The van der Waals surface area contributed by atoms with Crippen molar-refractivity contribution in [3.63, 3.8) is 0 Å². The molecule has 1 aromatic carbocycles. The number of nitrogens with zero attached hydrogens (tertiary/aromatic N) is 1. The average Bonchev–Trinajstić information content (AvgIpc) is 3.04. The average molecular weight is 367 g/mol. The normalized spacial score (nSPS) is 12.1. The van der Waals surface area contributed by atoms with Gasteiger partial charge in [-0.25, -0.2) is 9.78 Å². The molecule has 27 heavy (non-hydrogen) atoms. The van der Waals surface area contributed by atoms with Crippen LogP contribution >= 0.6 is 0 Å². The first-order valence-corrected chi connectivity index (χ1v) is 8.65. The van der Waals surface area contributed by atoms with Crippen molar-refractivity contribution in [1.82, 2.24) is 15.3 Å². The lowest BCUT2D eigenvalue weighted by Gasteiger charge is -2.14. The van der Waals surface area contributed by atoms with Crippen LogP contribution in [0.2, 0.25) is 0 Å². The molecular formula is C20H21N3O4. The number of carboxylic acid groups (broad SMARTS) is 1. The molecule has 0 spiro atoms. The number of aromatic nitrogens is 2. The van der Waals surface area contributed by atoms with Crippen molar-refractivity contribution in [2.24, 2.45) is 0 Å². The first-order chi connectivity index (χ1) is 12.9. The number of carbonyl (C=O) groups is 2. The molecule has 3 aromatic rings. The quantitative estimate of drug-likeness (QED) is 0.596. The number of H-pyrrole nitrogens is 1. The molecule has 7 heteroatoms. The second kappa shape index (κ2) is 7.90.